The van der Waals surface area contributed by atoms with Gasteiger partial charge in [0.15, 0.2) is 5.96 Å². The van der Waals surface area contributed by atoms with Crippen LogP contribution in [-0.2, 0) is 0 Å². The minimum absolute atomic E-state index is 0. The Morgan fingerprint density at radius 1 is 1.17 bits per heavy atom. The third-order valence-electron chi connectivity index (χ3n) is 5.32. The van der Waals surface area contributed by atoms with Gasteiger partial charge in [0.25, 0.3) is 0 Å². The van der Waals surface area contributed by atoms with Crippen molar-refractivity contribution < 1.29 is 4.74 Å². The first kappa shape index (κ1) is 24.2. The lowest BCUT2D eigenvalue weighted by molar-refractivity contribution is 0.291. The Balaban J connectivity index is 0.00000320. The standard InChI is InChI=1S/C22H32N6O.HI/c1-23-22(28-14-12-27(13-15-28)21-10-5-6-11-24-21)25-17-20(26(2)3)18-8-7-9-19(16-18)29-4;/h5-11,16,20H,12-15,17H2,1-4H3,(H,23,25);1H. The lowest BCUT2D eigenvalue weighted by atomic mass is 10.1. The van der Waals surface area contributed by atoms with Crippen molar-refractivity contribution in [1.82, 2.24) is 20.1 Å². The molecule has 0 aliphatic carbocycles. The molecule has 164 valence electrons. The molecule has 1 saturated heterocycles. The fourth-order valence-electron chi connectivity index (χ4n) is 3.66. The summed E-state index contributed by atoms with van der Waals surface area (Å²) in [5.41, 5.74) is 1.22. The first-order valence-corrected chi connectivity index (χ1v) is 10.0. The highest BCUT2D eigenvalue weighted by atomic mass is 127. The number of pyridine rings is 1. The molecule has 2 heterocycles. The van der Waals surface area contributed by atoms with Gasteiger partial charge >= 0.3 is 0 Å². The monoisotopic (exact) mass is 524 g/mol. The Kier molecular flexibility index (Phi) is 9.64. The topological polar surface area (TPSA) is 56.2 Å². The van der Waals surface area contributed by atoms with Crippen LogP contribution in [0.3, 0.4) is 0 Å². The molecule has 7 nitrogen and oxygen atoms in total. The lowest BCUT2D eigenvalue weighted by Gasteiger charge is -2.37. The molecule has 0 spiro atoms. The van der Waals surface area contributed by atoms with Gasteiger partial charge < -0.3 is 24.8 Å². The molecule has 1 aliphatic rings. The number of hydrogen-bond donors (Lipinski definition) is 1. The van der Waals surface area contributed by atoms with Crippen molar-refractivity contribution in [3.05, 3.63) is 54.2 Å². The van der Waals surface area contributed by atoms with Crippen molar-refractivity contribution in [2.24, 2.45) is 4.99 Å². The van der Waals surface area contributed by atoms with E-state index in [1.54, 1.807) is 7.11 Å². The summed E-state index contributed by atoms with van der Waals surface area (Å²) in [4.78, 5) is 15.8. The van der Waals surface area contributed by atoms with Crippen LogP contribution in [0, 0.1) is 0 Å². The Hall–Kier alpha value is -2.07. The molecule has 0 bridgehead atoms. The van der Waals surface area contributed by atoms with Gasteiger partial charge in [0.2, 0.25) is 0 Å². The number of likely N-dealkylation sites (N-methyl/N-ethyl adjacent to an activating group) is 1. The van der Waals surface area contributed by atoms with Crippen LogP contribution in [0.4, 0.5) is 5.82 Å². The molecular formula is C22H33IN6O. The number of ether oxygens (including phenoxy) is 1. The van der Waals surface area contributed by atoms with Crippen LogP contribution in [-0.4, -0.2) is 81.7 Å². The van der Waals surface area contributed by atoms with E-state index >= 15 is 0 Å². The first-order chi connectivity index (χ1) is 14.1. The van der Waals surface area contributed by atoms with Crippen LogP contribution in [0.5, 0.6) is 5.75 Å². The minimum Gasteiger partial charge on any atom is -0.497 e. The van der Waals surface area contributed by atoms with Gasteiger partial charge in [0, 0.05) is 46.0 Å². The number of methoxy groups -OCH3 is 1. The van der Waals surface area contributed by atoms with Gasteiger partial charge in [-0.1, -0.05) is 18.2 Å². The summed E-state index contributed by atoms with van der Waals surface area (Å²) in [5, 5.41) is 3.57. The van der Waals surface area contributed by atoms with Crippen LogP contribution in [0.1, 0.15) is 11.6 Å². The average molecular weight is 524 g/mol. The fraction of sp³-hybridized carbons (Fsp3) is 0.455. The van der Waals surface area contributed by atoms with Crippen molar-refractivity contribution in [1.29, 1.82) is 0 Å². The molecule has 1 aliphatic heterocycles. The highest BCUT2D eigenvalue weighted by Gasteiger charge is 2.22. The predicted molar refractivity (Wildman–Crippen MR) is 134 cm³/mol. The molecule has 0 radical (unpaired) electrons. The Morgan fingerprint density at radius 3 is 2.53 bits per heavy atom. The van der Waals surface area contributed by atoms with Crippen molar-refractivity contribution in [2.75, 3.05) is 65.9 Å². The summed E-state index contributed by atoms with van der Waals surface area (Å²) in [5.74, 6) is 2.87. The van der Waals surface area contributed by atoms with Gasteiger partial charge in [-0.2, -0.15) is 0 Å². The molecular weight excluding hydrogens is 491 g/mol. The number of guanidine groups is 1. The second kappa shape index (κ2) is 11.9. The molecule has 1 atom stereocenters. The molecule has 1 aromatic heterocycles. The van der Waals surface area contributed by atoms with E-state index in [1.165, 1.54) is 5.56 Å². The third-order valence-corrected chi connectivity index (χ3v) is 5.32. The van der Waals surface area contributed by atoms with Crippen LogP contribution in [0.15, 0.2) is 53.7 Å². The maximum Gasteiger partial charge on any atom is 0.193 e. The van der Waals surface area contributed by atoms with Gasteiger partial charge in [-0.3, -0.25) is 4.99 Å². The van der Waals surface area contributed by atoms with Crippen LogP contribution in [0.2, 0.25) is 0 Å². The van der Waals surface area contributed by atoms with E-state index in [2.05, 4.69) is 62.3 Å². The molecule has 8 heteroatoms. The zero-order chi connectivity index (χ0) is 20.6. The van der Waals surface area contributed by atoms with Crippen molar-refractivity contribution in [3.8, 4) is 5.75 Å². The number of piperazine rings is 1. The van der Waals surface area contributed by atoms with E-state index in [9.17, 15) is 0 Å². The number of aliphatic imine (C=N–C) groups is 1. The number of benzene rings is 1. The summed E-state index contributed by atoms with van der Waals surface area (Å²) in [6, 6.07) is 14.5. The zero-order valence-corrected chi connectivity index (χ0v) is 20.6. The molecule has 1 unspecified atom stereocenters. The van der Waals surface area contributed by atoms with E-state index in [0.717, 1.165) is 50.3 Å². The Bertz CT molecular complexity index is 793. The van der Waals surface area contributed by atoms with Crippen LogP contribution in [0.25, 0.3) is 0 Å². The maximum atomic E-state index is 5.39. The second-order valence-electron chi connectivity index (χ2n) is 7.35. The number of halogens is 1. The molecule has 1 aromatic carbocycles. The van der Waals surface area contributed by atoms with Crippen LogP contribution >= 0.6 is 24.0 Å². The maximum absolute atomic E-state index is 5.39. The van der Waals surface area contributed by atoms with Gasteiger partial charge in [-0.05, 0) is 43.9 Å². The molecule has 2 aromatic rings. The van der Waals surface area contributed by atoms with Crippen molar-refractivity contribution in [3.63, 3.8) is 0 Å². The lowest BCUT2D eigenvalue weighted by Crippen LogP contribution is -2.53. The van der Waals surface area contributed by atoms with E-state index in [0.29, 0.717) is 0 Å². The van der Waals surface area contributed by atoms with Crippen molar-refractivity contribution >= 4 is 35.8 Å². The molecule has 0 amide bonds. The molecule has 1 fully saturated rings. The SMILES string of the molecule is CN=C(NCC(c1cccc(OC)c1)N(C)C)N1CCN(c2ccccn2)CC1.I. The highest BCUT2D eigenvalue weighted by molar-refractivity contribution is 14.0. The van der Waals surface area contributed by atoms with Gasteiger partial charge in [-0.25, -0.2) is 4.98 Å². The van der Waals surface area contributed by atoms with E-state index in [-0.39, 0.29) is 30.0 Å². The quantitative estimate of drug-likeness (QED) is 0.357. The first-order valence-electron chi connectivity index (χ1n) is 10.0. The summed E-state index contributed by atoms with van der Waals surface area (Å²) >= 11 is 0. The molecule has 30 heavy (non-hydrogen) atoms. The Morgan fingerprint density at radius 2 is 1.93 bits per heavy atom. The largest absolute Gasteiger partial charge is 0.497 e. The second-order valence-corrected chi connectivity index (χ2v) is 7.35. The van der Waals surface area contributed by atoms with Crippen molar-refractivity contribution in [2.45, 2.75) is 6.04 Å². The molecule has 3 rings (SSSR count). The molecule has 0 saturated carbocycles. The third kappa shape index (κ3) is 6.21. The molecule has 1 N–H and O–H groups in total. The average Bonchev–Trinajstić information content (AvgIpc) is 2.77. The van der Waals surface area contributed by atoms with E-state index in [1.807, 2.05) is 37.5 Å². The number of hydrogen-bond acceptors (Lipinski definition) is 5. The van der Waals surface area contributed by atoms with Gasteiger partial charge in [-0.15, -0.1) is 24.0 Å². The summed E-state index contributed by atoms with van der Waals surface area (Å²) in [6.45, 7) is 4.48. The Labute approximate surface area is 197 Å². The van der Waals surface area contributed by atoms with E-state index in [4.69, 9.17) is 4.74 Å². The van der Waals surface area contributed by atoms with Crippen LogP contribution < -0.4 is 15.0 Å². The predicted octanol–water partition coefficient (Wildman–Crippen LogP) is 2.71. The highest BCUT2D eigenvalue weighted by Crippen LogP contribution is 2.22. The number of rotatable bonds is 6. The summed E-state index contributed by atoms with van der Waals surface area (Å²) in [7, 11) is 7.75. The van der Waals surface area contributed by atoms with E-state index < -0.39 is 0 Å². The summed E-state index contributed by atoms with van der Waals surface area (Å²) in [6.07, 6.45) is 1.85. The number of nitrogens with one attached hydrogen (secondary N) is 1. The zero-order valence-electron chi connectivity index (χ0n) is 18.3. The van der Waals surface area contributed by atoms with Gasteiger partial charge in [0.1, 0.15) is 11.6 Å². The van der Waals surface area contributed by atoms with Gasteiger partial charge in [0.05, 0.1) is 13.2 Å². The fourth-order valence-corrected chi connectivity index (χ4v) is 3.66. The number of nitrogens with zero attached hydrogens (tertiary/aromatic N) is 5. The normalized spacial score (nSPS) is 15.6. The summed E-state index contributed by atoms with van der Waals surface area (Å²) < 4.78 is 5.39. The minimum atomic E-state index is 0. The number of aromatic nitrogens is 1. The number of anilines is 1. The smallest absolute Gasteiger partial charge is 0.193 e.